The van der Waals surface area contributed by atoms with Crippen molar-refractivity contribution in [2.24, 2.45) is 0 Å². The molecule has 1 N–H and O–H groups in total. The topological polar surface area (TPSA) is 75.3 Å². The molecule has 0 aliphatic heterocycles. The number of ether oxygens (including phenoxy) is 1. The number of esters is 1. The zero-order valence-electron chi connectivity index (χ0n) is 11.4. The summed E-state index contributed by atoms with van der Waals surface area (Å²) < 4.78 is 4.78. The fourth-order valence-electron chi connectivity index (χ4n) is 1.83. The van der Waals surface area contributed by atoms with E-state index in [0.717, 1.165) is 5.69 Å². The van der Waals surface area contributed by atoms with E-state index in [1.807, 2.05) is 6.92 Å². The van der Waals surface area contributed by atoms with Gasteiger partial charge in [0.1, 0.15) is 6.04 Å². The molecule has 6 heteroatoms. The van der Waals surface area contributed by atoms with E-state index in [9.17, 15) is 9.59 Å². The highest BCUT2D eigenvalue weighted by molar-refractivity contribution is 5.91. The Morgan fingerprint density at radius 3 is 2.79 bits per heavy atom. The smallest absolute Gasteiger partial charge is 0.328 e. The maximum Gasteiger partial charge on any atom is 0.328 e. The average molecular weight is 265 g/mol. The van der Waals surface area contributed by atoms with Crippen LogP contribution in [0.15, 0.2) is 24.7 Å². The summed E-state index contributed by atoms with van der Waals surface area (Å²) in [4.78, 5) is 32.1. The summed E-state index contributed by atoms with van der Waals surface area (Å²) in [6.45, 7) is 4.01. The molecule has 0 unspecified atom stereocenters. The van der Waals surface area contributed by atoms with E-state index >= 15 is 0 Å². The molecule has 1 aromatic heterocycles. The number of rotatable bonds is 6. The molecule has 1 rings (SSSR count). The van der Waals surface area contributed by atoms with E-state index < -0.39 is 12.0 Å². The number of hydrogen-bond acceptors (Lipinski definition) is 4. The summed E-state index contributed by atoms with van der Waals surface area (Å²) in [5.74, 6) is -0.644. The van der Waals surface area contributed by atoms with E-state index in [1.165, 1.54) is 24.4 Å². The maximum absolute atomic E-state index is 12.0. The first kappa shape index (κ1) is 14.9. The zero-order chi connectivity index (χ0) is 14.3. The molecule has 104 valence electrons. The first-order valence-corrected chi connectivity index (χ1v) is 6.12. The summed E-state index contributed by atoms with van der Waals surface area (Å²) in [5, 5.41) is 0. The highest BCUT2D eigenvalue weighted by Crippen LogP contribution is 2.09. The standard InChI is InChI=1S/C13H19N3O3/c1-4-6-12(17)16(5-2)11(13(18)19-3)7-10-8-14-9-15-10/h4,6,8-9,11H,5,7H2,1-3H3,(H,14,15)/t11-/m0/s1. The lowest BCUT2D eigenvalue weighted by Crippen LogP contribution is -2.46. The third-order valence-electron chi connectivity index (χ3n) is 2.75. The van der Waals surface area contributed by atoms with Gasteiger partial charge in [0.15, 0.2) is 0 Å². The van der Waals surface area contributed by atoms with Crippen LogP contribution in [0.4, 0.5) is 0 Å². The van der Waals surface area contributed by atoms with Gasteiger partial charge in [-0.1, -0.05) is 6.08 Å². The van der Waals surface area contributed by atoms with Crippen LogP contribution < -0.4 is 0 Å². The van der Waals surface area contributed by atoms with Crippen LogP contribution in [0.1, 0.15) is 19.5 Å². The molecule has 1 aromatic rings. The van der Waals surface area contributed by atoms with Gasteiger partial charge in [0.05, 0.1) is 13.4 Å². The van der Waals surface area contributed by atoms with Crippen LogP contribution >= 0.6 is 0 Å². The number of hydrogen-bond donors (Lipinski definition) is 1. The van der Waals surface area contributed by atoms with Crippen molar-refractivity contribution in [1.82, 2.24) is 14.9 Å². The minimum absolute atomic E-state index is 0.208. The number of aromatic amines is 1. The van der Waals surface area contributed by atoms with Crippen LogP contribution in [0.25, 0.3) is 0 Å². The van der Waals surface area contributed by atoms with E-state index in [-0.39, 0.29) is 5.91 Å². The molecule has 6 nitrogen and oxygen atoms in total. The molecule has 0 aromatic carbocycles. The number of amides is 1. The largest absolute Gasteiger partial charge is 0.467 e. The van der Waals surface area contributed by atoms with Crippen molar-refractivity contribution in [1.29, 1.82) is 0 Å². The SMILES string of the molecule is CC=CC(=O)N(CC)[C@@H](Cc1cnc[nH]1)C(=O)OC. The highest BCUT2D eigenvalue weighted by atomic mass is 16.5. The number of likely N-dealkylation sites (N-methyl/N-ethyl adjacent to an activating group) is 1. The molecular weight excluding hydrogens is 246 g/mol. The van der Waals surface area contributed by atoms with Crippen molar-refractivity contribution in [2.75, 3.05) is 13.7 Å². The second-order valence-corrected chi connectivity index (χ2v) is 3.94. The number of allylic oxidation sites excluding steroid dienone is 1. The van der Waals surface area contributed by atoms with Gasteiger partial charge in [-0.2, -0.15) is 0 Å². The molecule has 0 saturated heterocycles. The van der Waals surface area contributed by atoms with Gasteiger partial charge in [0.25, 0.3) is 0 Å². The lowest BCUT2D eigenvalue weighted by molar-refractivity contribution is -0.151. The molecule has 0 aliphatic rings. The Kier molecular flexibility index (Phi) is 5.78. The number of methoxy groups -OCH3 is 1. The van der Waals surface area contributed by atoms with Crippen LogP contribution in [-0.2, 0) is 20.7 Å². The predicted molar refractivity (Wildman–Crippen MR) is 70.3 cm³/mol. The quantitative estimate of drug-likeness (QED) is 0.613. The number of nitrogens with zero attached hydrogens (tertiary/aromatic N) is 2. The second-order valence-electron chi connectivity index (χ2n) is 3.94. The van der Waals surface area contributed by atoms with Crippen LogP contribution in [-0.4, -0.2) is 46.4 Å². The van der Waals surface area contributed by atoms with E-state index in [0.29, 0.717) is 13.0 Å². The first-order chi connectivity index (χ1) is 9.13. The van der Waals surface area contributed by atoms with Crippen molar-refractivity contribution in [3.05, 3.63) is 30.4 Å². The van der Waals surface area contributed by atoms with Gasteiger partial charge in [0, 0.05) is 24.9 Å². The Bertz CT molecular complexity index is 440. The minimum Gasteiger partial charge on any atom is -0.467 e. The monoisotopic (exact) mass is 265 g/mol. The molecule has 0 spiro atoms. The molecule has 19 heavy (non-hydrogen) atoms. The molecule has 1 heterocycles. The highest BCUT2D eigenvalue weighted by Gasteiger charge is 2.29. The molecule has 0 fully saturated rings. The second kappa shape index (κ2) is 7.35. The number of imidazole rings is 1. The number of carbonyl (C=O) groups is 2. The summed E-state index contributed by atoms with van der Waals surface area (Å²) in [6, 6.07) is -0.654. The van der Waals surface area contributed by atoms with Gasteiger partial charge < -0.3 is 14.6 Å². The predicted octanol–water partition coefficient (Wildman–Crippen LogP) is 0.918. The Labute approximate surface area is 112 Å². The van der Waals surface area contributed by atoms with Crippen LogP contribution in [0.5, 0.6) is 0 Å². The Morgan fingerprint density at radius 2 is 2.32 bits per heavy atom. The lowest BCUT2D eigenvalue weighted by Gasteiger charge is -2.27. The van der Waals surface area contributed by atoms with E-state index in [2.05, 4.69) is 9.97 Å². The molecule has 1 amide bonds. The molecule has 0 radical (unpaired) electrons. The summed E-state index contributed by atoms with van der Waals surface area (Å²) in [7, 11) is 1.32. The minimum atomic E-state index is -0.654. The van der Waals surface area contributed by atoms with E-state index in [1.54, 1.807) is 19.2 Å². The maximum atomic E-state index is 12.0. The number of H-pyrrole nitrogens is 1. The van der Waals surface area contributed by atoms with Crippen LogP contribution in [0.3, 0.4) is 0 Å². The van der Waals surface area contributed by atoms with Gasteiger partial charge >= 0.3 is 5.97 Å². The average Bonchev–Trinajstić information content (AvgIpc) is 2.91. The van der Waals surface area contributed by atoms with Crippen molar-refractivity contribution in [2.45, 2.75) is 26.3 Å². The fourth-order valence-corrected chi connectivity index (χ4v) is 1.83. The van der Waals surface area contributed by atoms with E-state index in [4.69, 9.17) is 4.74 Å². The summed E-state index contributed by atoms with van der Waals surface area (Å²) in [6.07, 6.45) is 6.60. The molecule has 1 atom stereocenters. The Morgan fingerprint density at radius 1 is 1.58 bits per heavy atom. The summed E-state index contributed by atoms with van der Waals surface area (Å²) >= 11 is 0. The lowest BCUT2D eigenvalue weighted by atomic mass is 10.1. The summed E-state index contributed by atoms with van der Waals surface area (Å²) in [5.41, 5.74) is 0.780. The van der Waals surface area contributed by atoms with Crippen molar-refractivity contribution in [3.8, 4) is 0 Å². The third-order valence-corrected chi connectivity index (χ3v) is 2.75. The van der Waals surface area contributed by atoms with Gasteiger partial charge in [0.2, 0.25) is 5.91 Å². The van der Waals surface area contributed by atoms with Crippen LogP contribution in [0, 0.1) is 0 Å². The molecule has 0 bridgehead atoms. The number of aromatic nitrogens is 2. The van der Waals surface area contributed by atoms with Gasteiger partial charge in [-0.05, 0) is 19.9 Å². The zero-order valence-corrected chi connectivity index (χ0v) is 11.4. The van der Waals surface area contributed by atoms with Crippen LogP contribution in [0.2, 0.25) is 0 Å². The molecule has 0 saturated carbocycles. The van der Waals surface area contributed by atoms with Crippen molar-refractivity contribution >= 4 is 11.9 Å². The normalized spacial score (nSPS) is 12.4. The Hall–Kier alpha value is -2.11. The Balaban J connectivity index is 2.93. The molecule has 0 aliphatic carbocycles. The van der Waals surface area contributed by atoms with Crippen molar-refractivity contribution in [3.63, 3.8) is 0 Å². The van der Waals surface area contributed by atoms with Gasteiger partial charge in [-0.25, -0.2) is 9.78 Å². The number of nitrogens with one attached hydrogen (secondary N) is 1. The third kappa shape index (κ3) is 3.94. The van der Waals surface area contributed by atoms with Gasteiger partial charge in [-0.3, -0.25) is 4.79 Å². The number of carbonyl (C=O) groups excluding carboxylic acids is 2. The first-order valence-electron chi connectivity index (χ1n) is 6.12. The van der Waals surface area contributed by atoms with Crippen molar-refractivity contribution < 1.29 is 14.3 Å². The molecular formula is C13H19N3O3. The fraction of sp³-hybridized carbons (Fsp3) is 0.462. The van der Waals surface area contributed by atoms with Gasteiger partial charge in [-0.15, -0.1) is 0 Å².